The standard InChI is InChI=1S/C15H13ClN4O5S/c16-12-4-6-14(7-5-12)26(24,25)18-10-15(21)19-17-9-11-2-1-3-13(8-11)20(22)23/h1-9,18H,10H2,(H,19,21). The molecule has 9 nitrogen and oxygen atoms in total. The number of hydrogen-bond donors (Lipinski definition) is 2. The van der Waals surface area contributed by atoms with Crippen molar-refractivity contribution in [3.8, 4) is 0 Å². The van der Waals surface area contributed by atoms with Crippen molar-refractivity contribution in [2.45, 2.75) is 4.90 Å². The summed E-state index contributed by atoms with van der Waals surface area (Å²) in [6, 6.07) is 11.1. The number of rotatable bonds is 7. The highest BCUT2D eigenvalue weighted by molar-refractivity contribution is 7.89. The van der Waals surface area contributed by atoms with Gasteiger partial charge in [0.05, 0.1) is 22.6 Å². The van der Waals surface area contributed by atoms with E-state index in [4.69, 9.17) is 11.6 Å². The fourth-order valence-electron chi connectivity index (χ4n) is 1.79. The molecule has 0 radical (unpaired) electrons. The number of sulfonamides is 1. The van der Waals surface area contributed by atoms with Crippen molar-refractivity contribution in [2.24, 2.45) is 5.10 Å². The molecule has 0 unspecified atom stereocenters. The van der Waals surface area contributed by atoms with Crippen LogP contribution < -0.4 is 10.1 Å². The first-order valence-corrected chi connectivity index (χ1v) is 8.95. The second kappa shape index (κ2) is 8.52. The first-order valence-electron chi connectivity index (χ1n) is 7.09. The summed E-state index contributed by atoms with van der Waals surface area (Å²) in [5.41, 5.74) is 2.41. The SMILES string of the molecule is O=C(CNS(=O)(=O)c1ccc(Cl)cc1)NN=Cc1cccc([N+](=O)[O-])c1. The number of benzene rings is 2. The van der Waals surface area contributed by atoms with Crippen LogP contribution in [0.1, 0.15) is 5.56 Å². The number of carbonyl (C=O) groups excluding carboxylic acids is 1. The van der Waals surface area contributed by atoms with Crippen LogP contribution in [0, 0.1) is 10.1 Å². The van der Waals surface area contributed by atoms with E-state index in [0.717, 1.165) is 0 Å². The highest BCUT2D eigenvalue weighted by Gasteiger charge is 2.15. The first-order chi connectivity index (χ1) is 12.3. The van der Waals surface area contributed by atoms with Gasteiger partial charge in [0.15, 0.2) is 0 Å². The van der Waals surface area contributed by atoms with E-state index in [0.29, 0.717) is 10.6 Å². The fourth-order valence-corrected chi connectivity index (χ4v) is 2.90. The van der Waals surface area contributed by atoms with Gasteiger partial charge in [-0.15, -0.1) is 0 Å². The molecule has 2 rings (SSSR count). The summed E-state index contributed by atoms with van der Waals surface area (Å²) in [5, 5.41) is 14.7. The van der Waals surface area contributed by atoms with E-state index in [1.165, 1.54) is 48.7 Å². The molecule has 0 aliphatic carbocycles. The van der Waals surface area contributed by atoms with Crippen LogP contribution in [0.3, 0.4) is 0 Å². The smallest absolute Gasteiger partial charge is 0.270 e. The van der Waals surface area contributed by atoms with Gasteiger partial charge in [-0.3, -0.25) is 14.9 Å². The molecule has 0 bridgehead atoms. The molecule has 0 aliphatic rings. The monoisotopic (exact) mass is 396 g/mol. The number of carbonyl (C=O) groups is 1. The number of nitrogens with one attached hydrogen (secondary N) is 2. The lowest BCUT2D eigenvalue weighted by Crippen LogP contribution is -2.34. The fraction of sp³-hybridized carbons (Fsp3) is 0.0667. The second-order valence-electron chi connectivity index (χ2n) is 4.92. The van der Waals surface area contributed by atoms with Gasteiger partial charge < -0.3 is 0 Å². The first kappa shape index (κ1) is 19.5. The highest BCUT2D eigenvalue weighted by Crippen LogP contribution is 2.13. The van der Waals surface area contributed by atoms with Gasteiger partial charge in [0.1, 0.15) is 0 Å². The topological polar surface area (TPSA) is 131 Å². The largest absolute Gasteiger partial charge is 0.272 e. The molecule has 0 heterocycles. The molecule has 0 spiro atoms. The molecule has 1 amide bonds. The van der Waals surface area contributed by atoms with E-state index in [2.05, 4.69) is 15.2 Å². The summed E-state index contributed by atoms with van der Waals surface area (Å²) in [7, 11) is -3.86. The van der Waals surface area contributed by atoms with Gasteiger partial charge in [0.25, 0.3) is 11.6 Å². The Morgan fingerprint density at radius 3 is 2.58 bits per heavy atom. The van der Waals surface area contributed by atoms with Crippen molar-refractivity contribution in [1.82, 2.24) is 10.1 Å². The van der Waals surface area contributed by atoms with Crippen molar-refractivity contribution in [1.29, 1.82) is 0 Å². The van der Waals surface area contributed by atoms with E-state index >= 15 is 0 Å². The minimum Gasteiger partial charge on any atom is -0.272 e. The average molecular weight is 397 g/mol. The van der Waals surface area contributed by atoms with Crippen LogP contribution in [-0.2, 0) is 14.8 Å². The van der Waals surface area contributed by atoms with Crippen LogP contribution in [0.25, 0.3) is 0 Å². The van der Waals surface area contributed by atoms with Gasteiger partial charge >= 0.3 is 0 Å². The molecule has 0 atom stereocenters. The highest BCUT2D eigenvalue weighted by atomic mass is 35.5. The lowest BCUT2D eigenvalue weighted by atomic mass is 10.2. The number of amides is 1. The number of hydrazone groups is 1. The van der Waals surface area contributed by atoms with Gasteiger partial charge in [-0.25, -0.2) is 18.6 Å². The molecule has 0 aliphatic heterocycles. The quantitative estimate of drug-likeness (QED) is 0.417. The molecule has 0 aromatic heterocycles. The minimum absolute atomic E-state index is 0.0326. The Kier molecular flexibility index (Phi) is 6.39. The number of nitro benzene ring substituents is 1. The zero-order chi connectivity index (χ0) is 19.2. The molecule has 2 N–H and O–H groups in total. The normalized spacial score (nSPS) is 11.4. The third-order valence-electron chi connectivity index (χ3n) is 3.03. The maximum atomic E-state index is 12.0. The zero-order valence-corrected chi connectivity index (χ0v) is 14.7. The molecule has 0 saturated heterocycles. The number of nitrogens with zero attached hydrogens (tertiary/aromatic N) is 2. The third kappa shape index (κ3) is 5.62. The minimum atomic E-state index is -3.86. The summed E-state index contributed by atoms with van der Waals surface area (Å²) < 4.78 is 26.1. The maximum Gasteiger partial charge on any atom is 0.270 e. The van der Waals surface area contributed by atoms with Crippen LogP contribution in [0.2, 0.25) is 5.02 Å². The van der Waals surface area contributed by atoms with Crippen LogP contribution in [0.15, 0.2) is 58.5 Å². The summed E-state index contributed by atoms with van der Waals surface area (Å²) in [6.07, 6.45) is 1.21. The second-order valence-corrected chi connectivity index (χ2v) is 7.13. The molecule has 26 heavy (non-hydrogen) atoms. The Bertz CT molecular complexity index is 945. The van der Waals surface area contributed by atoms with Gasteiger partial charge in [-0.2, -0.15) is 5.10 Å². The van der Waals surface area contributed by atoms with Crippen molar-refractivity contribution in [3.05, 3.63) is 69.2 Å². The molecule has 0 fully saturated rings. The van der Waals surface area contributed by atoms with E-state index < -0.39 is 27.4 Å². The van der Waals surface area contributed by atoms with Crippen molar-refractivity contribution >= 4 is 39.4 Å². The van der Waals surface area contributed by atoms with Gasteiger partial charge in [0.2, 0.25) is 10.0 Å². The lowest BCUT2D eigenvalue weighted by Gasteiger charge is -2.05. The predicted octanol–water partition coefficient (Wildman–Crippen LogP) is 1.68. The van der Waals surface area contributed by atoms with Crippen LogP contribution in [0.5, 0.6) is 0 Å². The Hall–Kier alpha value is -2.82. The van der Waals surface area contributed by atoms with Gasteiger partial charge in [0, 0.05) is 22.7 Å². The molecule has 136 valence electrons. The Labute approximate surface area is 153 Å². The number of non-ortho nitro benzene ring substituents is 1. The Morgan fingerprint density at radius 2 is 1.92 bits per heavy atom. The van der Waals surface area contributed by atoms with Gasteiger partial charge in [-0.05, 0) is 24.3 Å². The number of halogens is 1. The van der Waals surface area contributed by atoms with Crippen LogP contribution >= 0.6 is 11.6 Å². The molecule has 2 aromatic carbocycles. The molecular formula is C15H13ClN4O5S. The Morgan fingerprint density at radius 1 is 1.23 bits per heavy atom. The van der Waals surface area contributed by atoms with E-state index in [9.17, 15) is 23.3 Å². The van der Waals surface area contributed by atoms with Crippen molar-refractivity contribution in [2.75, 3.05) is 6.54 Å². The molecule has 0 saturated carbocycles. The van der Waals surface area contributed by atoms with E-state index in [1.54, 1.807) is 6.07 Å². The maximum absolute atomic E-state index is 12.0. The summed E-state index contributed by atoms with van der Waals surface area (Å²) >= 11 is 5.69. The Balaban J connectivity index is 1.90. The average Bonchev–Trinajstić information content (AvgIpc) is 2.61. The van der Waals surface area contributed by atoms with Gasteiger partial charge in [-0.1, -0.05) is 23.7 Å². The lowest BCUT2D eigenvalue weighted by molar-refractivity contribution is -0.384. The van der Waals surface area contributed by atoms with Crippen LogP contribution in [-0.4, -0.2) is 32.0 Å². The molecule has 2 aromatic rings. The zero-order valence-electron chi connectivity index (χ0n) is 13.1. The van der Waals surface area contributed by atoms with E-state index in [-0.39, 0.29) is 10.6 Å². The van der Waals surface area contributed by atoms with Crippen molar-refractivity contribution < 1.29 is 18.1 Å². The molecule has 11 heteroatoms. The van der Waals surface area contributed by atoms with Crippen molar-refractivity contribution in [3.63, 3.8) is 0 Å². The number of nitro groups is 1. The summed E-state index contributed by atoms with van der Waals surface area (Å²) in [4.78, 5) is 21.7. The van der Waals surface area contributed by atoms with Crippen LogP contribution in [0.4, 0.5) is 5.69 Å². The number of hydrogen-bond acceptors (Lipinski definition) is 6. The summed E-state index contributed by atoms with van der Waals surface area (Å²) in [5.74, 6) is -0.704. The summed E-state index contributed by atoms with van der Waals surface area (Å²) in [6.45, 7) is -0.531. The predicted molar refractivity (Wildman–Crippen MR) is 95.5 cm³/mol. The third-order valence-corrected chi connectivity index (χ3v) is 4.70. The molecular weight excluding hydrogens is 384 g/mol. The van der Waals surface area contributed by atoms with E-state index in [1.807, 2.05) is 0 Å².